The number of aryl methyl sites for hydroxylation is 1. The lowest BCUT2D eigenvalue weighted by Crippen LogP contribution is -2.05. The summed E-state index contributed by atoms with van der Waals surface area (Å²) in [7, 11) is -2.77. The second kappa shape index (κ2) is 3.63. The SMILES string of the molecule is Cn1cnc(Cl)c1CCS(=O)(=O)F. The lowest BCUT2D eigenvalue weighted by molar-refractivity contribution is 0.550. The van der Waals surface area contributed by atoms with Crippen molar-refractivity contribution in [3.05, 3.63) is 17.2 Å². The van der Waals surface area contributed by atoms with E-state index in [0.717, 1.165) is 0 Å². The van der Waals surface area contributed by atoms with Crippen molar-refractivity contribution >= 4 is 21.8 Å². The molecule has 0 radical (unpaired) electrons. The van der Waals surface area contributed by atoms with Crippen molar-refractivity contribution in [2.75, 3.05) is 5.75 Å². The van der Waals surface area contributed by atoms with Crippen LogP contribution in [-0.4, -0.2) is 23.7 Å². The van der Waals surface area contributed by atoms with Crippen molar-refractivity contribution in [1.82, 2.24) is 9.55 Å². The molecule has 0 fully saturated rings. The molecule has 0 aliphatic heterocycles. The van der Waals surface area contributed by atoms with Crippen molar-refractivity contribution in [2.45, 2.75) is 6.42 Å². The summed E-state index contributed by atoms with van der Waals surface area (Å²) < 4.78 is 34.1. The molecule has 1 aromatic rings. The fraction of sp³-hybridized carbons (Fsp3) is 0.500. The van der Waals surface area contributed by atoms with Gasteiger partial charge in [0, 0.05) is 13.5 Å². The van der Waals surface area contributed by atoms with Gasteiger partial charge in [-0.15, -0.1) is 3.89 Å². The Labute approximate surface area is 80.6 Å². The Kier molecular flexibility index (Phi) is 2.92. The quantitative estimate of drug-likeness (QED) is 0.720. The first-order valence-corrected chi connectivity index (χ1v) is 5.41. The van der Waals surface area contributed by atoms with Crippen LogP contribution >= 0.6 is 11.6 Å². The van der Waals surface area contributed by atoms with Crippen molar-refractivity contribution in [3.63, 3.8) is 0 Å². The van der Waals surface area contributed by atoms with Gasteiger partial charge in [-0.3, -0.25) is 0 Å². The van der Waals surface area contributed by atoms with Crippen LogP contribution in [0.4, 0.5) is 3.89 Å². The summed E-state index contributed by atoms with van der Waals surface area (Å²) in [6.45, 7) is 0. The fourth-order valence-electron chi connectivity index (χ4n) is 0.925. The molecule has 1 rings (SSSR count). The molecule has 0 N–H and O–H groups in total. The monoisotopic (exact) mass is 226 g/mol. The number of halogens is 2. The molecule has 4 nitrogen and oxygen atoms in total. The Morgan fingerprint density at radius 2 is 2.31 bits per heavy atom. The smallest absolute Gasteiger partial charge is 0.302 e. The molecule has 0 saturated carbocycles. The summed E-state index contributed by atoms with van der Waals surface area (Å²) in [6.07, 6.45) is 1.48. The second-order valence-electron chi connectivity index (χ2n) is 2.59. The summed E-state index contributed by atoms with van der Waals surface area (Å²) in [4.78, 5) is 3.73. The molecule has 0 aliphatic carbocycles. The molecule has 0 aromatic carbocycles. The molecule has 1 aromatic heterocycles. The van der Waals surface area contributed by atoms with Gasteiger partial charge in [0.2, 0.25) is 0 Å². The molecule has 13 heavy (non-hydrogen) atoms. The number of aromatic nitrogens is 2. The van der Waals surface area contributed by atoms with Gasteiger partial charge in [0.1, 0.15) is 5.15 Å². The maximum absolute atomic E-state index is 12.1. The first-order chi connectivity index (χ1) is 5.90. The predicted octanol–water partition coefficient (Wildman–Crippen LogP) is 0.915. The van der Waals surface area contributed by atoms with Gasteiger partial charge in [0.25, 0.3) is 0 Å². The van der Waals surface area contributed by atoms with Gasteiger partial charge >= 0.3 is 10.2 Å². The van der Waals surface area contributed by atoms with Gasteiger partial charge < -0.3 is 4.57 Å². The van der Waals surface area contributed by atoms with Gasteiger partial charge in [-0.05, 0) is 0 Å². The van der Waals surface area contributed by atoms with Crippen LogP contribution in [0.2, 0.25) is 5.15 Å². The fourth-order valence-corrected chi connectivity index (χ4v) is 1.63. The maximum atomic E-state index is 12.1. The number of imidazole rings is 1. The second-order valence-corrected chi connectivity index (χ2v) is 4.43. The highest BCUT2D eigenvalue weighted by molar-refractivity contribution is 7.86. The van der Waals surface area contributed by atoms with E-state index in [1.165, 1.54) is 6.33 Å². The molecule has 0 unspecified atom stereocenters. The Balaban J connectivity index is 2.75. The van der Waals surface area contributed by atoms with Gasteiger partial charge in [-0.1, -0.05) is 11.6 Å². The number of nitrogens with zero attached hydrogens (tertiary/aromatic N) is 2. The zero-order valence-electron chi connectivity index (χ0n) is 6.87. The summed E-state index contributed by atoms with van der Waals surface area (Å²) in [6, 6.07) is 0. The number of hydrogen-bond acceptors (Lipinski definition) is 3. The summed E-state index contributed by atoms with van der Waals surface area (Å²) in [5, 5.41) is 0.214. The first-order valence-electron chi connectivity index (χ1n) is 3.48. The molecule has 0 atom stereocenters. The van der Waals surface area contributed by atoms with Crippen molar-refractivity contribution in [3.8, 4) is 0 Å². The van der Waals surface area contributed by atoms with Crippen LogP contribution in [0.1, 0.15) is 5.69 Å². The van der Waals surface area contributed by atoms with Crippen LogP contribution in [0.25, 0.3) is 0 Å². The van der Waals surface area contributed by atoms with Crippen LogP contribution in [0.15, 0.2) is 6.33 Å². The third-order valence-corrected chi connectivity index (χ3v) is 2.60. The van der Waals surface area contributed by atoms with Crippen LogP contribution in [0.3, 0.4) is 0 Å². The summed E-state index contributed by atoms with van der Waals surface area (Å²) in [5.41, 5.74) is 0.517. The molecule has 7 heteroatoms. The third-order valence-electron chi connectivity index (χ3n) is 1.59. The molecule has 0 spiro atoms. The van der Waals surface area contributed by atoms with E-state index < -0.39 is 16.0 Å². The molecule has 1 heterocycles. The number of rotatable bonds is 3. The minimum Gasteiger partial charge on any atom is -0.336 e. The van der Waals surface area contributed by atoms with E-state index in [-0.39, 0.29) is 11.6 Å². The highest BCUT2D eigenvalue weighted by Crippen LogP contribution is 2.13. The summed E-state index contributed by atoms with van der Waals surface area (Å²) in [5.74, 6) is -0.563. The van der Waals surface area contributed by atoms with Gasteiger partial charge in [0.15, 0.2) is 0 Å². The standard InChI is InChI=1S/C6H8ClFN2O2S/c1-10-4-9-6(7)5(10)2-3-13(8,11)12/h4H,2-3H2,1H3. The topological polar surface area (TPSA) is 52.0 Å². The van der Waals surface area contributed by atoms with Gasteiger partial charge in [0.05, 0.1) is 17.8 Å². The summed E-state index contributed by atoms with van der Waals surface area (Å²) >= 11 is 5.62. The minimum absolute atomic E-state index is 0.0359. The van der Waals surface area contributed by atoms with Crippen LogP contribution in [-0.2, 0) is 23.7 Å². The lowest BCUT2D eigenvalue weighted by Gasteiger charge is -1.99. The largest absolute Gasteiger partial charge is 0.336 e. The minimum atomic E-state index is -4.43. The highest BCUT2D eigenvalue weighted by atomic mass is 35.5. The Morgan fingerprint density at radius 3 is 2.69 bits per heavy atom. The molecule has 74 valence electrons. The molecular weight excluding hydrogens is 219 g/mol. The zero-order valence-corrected chi connectivity index (χ0v) is 8.44. The van der Waals surface area contributed by atoms with Gasteiger partial charge in [-0.2, -0.15) is 8.42 Å². The average molecular weight is 227 g/mol. The molecule has 0 saturated heterocycles. The van der Waals surface area contributed by atoms with Gasteiger partial charge in [-0.25, -0.2) is 4.98 Å². The van der Waals surface area contributed by atoms with Crippen LogP contribution in [0, 0.1) is 0 Å². The van der Waals surface area contributed by atoms with Crippen LogP contribution in [0.5, 0.6) is 0 Å². The maximum Gasteiger partial charge on any atom is 0.302 e. The van der Waals surface area contributed by atoms with Crippen molar-refractivity contribution in [1.29, 1.82) is 0 Å². The van der Waals surface area contributed by atoms with E-state index in [9.17, 15) is 12.3 Å². The molecule has 0 bridgehead atoms. The lowest BCUT2D eigenvalue weighted by atomic mass is 10.4. The Hall–Kier alpha value is -0.620. The third kappa shape index (κ3) is 2.96. The van der Waals surface area contributed by atoms with E-state index in [1.807, 2.05) is 0 Å². The van der Waals surface area contributed by atoms with E-state index in [1.54, 1.807) is 11.6 Å². The highest BCUT2D eigenvalue weighted by Gasteiger charge is 2.12. The predicted molar refractivity (Wildman–Crippen MR) is 46.8 cm³/mol. The van der Waals surface area contributed by atoms with E-state index >= 15 is 0 Å². The van der Waals surface area contributed by atoms with E-state index in [4.69, 9.17) is 11.6 Å². The Morgan fingerprint density at radius 1 is 1.69 bits per heavy atom. The Bertz CT molecular complexity index is 381. The van der Waals surface area contributed by atoms with Crippen molar-refractivity contribution < 1.29 is 12.3 Å². The van der Waals surface area contributed by atoms with Crippen molar-refractivity contribution in [2.24, 2.45) is 7.05 Å². The van der Waals surface area contributed by atoms with E-state index in [2.05, 4.69) is 4.98 Å². The van der Waals surface area contributed by atoms with Crippen LogP contribution < -0.4 is 0 Å². The molecular formula is C6H8ClFN2O2S. The molecule has 0 aliphatic rings. The normalized spacial score (nSPS) is 11.9. The average Bonchev–Trinajstić information content (AvgIpc) is 2.27. The number of hydrogen-bond donors (Lipinski definition) is 0. The van der Waals surface area contributed by atoms with E-state index in [0.29, 0.717) is 5.69 Å². The first kappa shape index (κ1) is 10.5. The molecule has 0 amide bonds. The zero-order chi connectivity index (χ0) is 10.1.